The number of nitrogens with one attached hydrogen (secondary N) is 2. The van der Waals surface area contributed by atoms with Gasteiger partial charge in [-0.05, 0) is 115 Å². The van der Waals surface area contributed by atoms with Gasteiger partial charge in [-0.2, -0.15) is 0 Å². The van der Waals surface area contributed by atoms with E-state index in [0.29, 0.717) is 29.7 Å². The standard InChI is InChI=1S/C28H53N3O4/c1-31(2)24-17-22(26-7-4-6-21(27(26)35-3)19-29-13-5-15-32)16-23(18-24)28(34)30-14-12-20-8-10-25(33)11-9-20/h20-27,29,32-33H,4-19H2,1-3H3,(H,30,34). The summed E-state index contributed by atoms with van der Waals surface area (Å²) in [5.74, 6) is 2.47. The Morgan fingerprint density at radius 2 is 1.80 bits per heavy atom. The van der Waals surface area contributed by atoms with E-state index in [9.17, 15) is 9.90 Å². The summed E-state index contributed by atoms with van der Waals surface area (Å²) in [5, 5.41) is 25.6. The summed E-state index contributed by atoms with van der Waals surface area (Å²) in [6.45, 7) is 2.79. The minimum Gasteiger partial charge on any atom is -0.396 e. The molecule has 3 rings (SSSR count). The molecule has 0 radical (unpaired) electrons. The highest BCUT2D eigenvalue weighted by atomic mass is 16.5. The Morgan fingerprint density at radius 1 is 1.03 bits per heavy atom. The first-order valence-corrected chi connectivity index (χ1v) is 14.4. The number of rotatable bonds is 12. The molecular formula is C28H53N3O4. The van der Waals surface area contributed by atoms with Crippen molar-refractivity contribution in [2.75, 3.05) is 47.4 Å². The van der Waals surface area contributed by atoms with Crippen molar-refractivity contribution in [3.63, 3.8) is 0 Å². The summed E-state index contributed by atoms with van der Waals surface area (Å²) in [5.41, 5.74) is 0. The number of carbonyl (C=O) groups is 1. The van der Waals surface area contributed by atoms with E-state index in [1.54, 1.807) is 0 Å². The van der Waals surface area contributed by atoms with Crippen LogP contribution in [0.15, 0.2) is 0 Å². The average Bonchev–Trinajstić information content (AvgIpc) is 2.87. The van der Waals surface area contributed by atoms with E-state index in [4.69, 9.17) is 9.84 Å². The van der Waals surface area contributed by atoms with Gasteiger partial charge in [0.1, 0.15) is 0 Å². The van der Waals surface area contributed by atoms with Crippen molar-refractivity contribution in [2.45, 2.75) is 95.3 Å². The summed E-state index contributed by atoms with van der Waals surface area (Å²) in [6.07, 6.45) is 12.6. The van der Waals surface area contributed by atoms with Gasteiger partial charge in [0.05, 0.1) is 12.2 Å². The fraction of sp³-hybridized carbons (Fsp3) is 0.964. The molecule has 0 heterocycles. The molecule has 0 aromatic carbocycles. The molecule has 3 aliphatic rings. The van der Waals surface area contributed by atoms with Gasteiger partial charge in [0.2, 0.25) is 5.91 Å². The SMILES string of the molecule is COC1C(CNCCCO)CCCC1C1CC(C(=O)NCCC2CCC(O)CC2)CC(N(C)C)C1. The van der Waals surface area contributed by atoms with Gasteiger partial charge in [-0.15, -0.1) is 0 Å². The zero-order chi connectivity index (χ0) is 25.2. The van der Waals surface area contributed by atoms with E-state index in [0.717, 1.165) is 77.4 Å². The number of ether oxygens (including phenoxy) is 1. The molecule has 0 aromatic rings. The van der Waals surface area contributed by atoms with Crippen molar-refractivity contribution >= 4 is 5.91 Å². The molecule has 0 saturated heterocycles. The molecule has 1 amide bonds. The zero-order valence-electron chi connectivity index (χ0n) is 22.6. The van der Waals surface area contributed by atoms with Crippen LogP contribution in [-0.2, 0) is 9.53 Å². The predicted molar refractivity (Wildman–Crippen MR) is 140 cm³/mol. The maximum Gasteiger partial charge on any atom is 0.223 e. The molecular weight excluding hydrogens is 442 g/mol. The van der Waals surface area contributed by atoms with Gasteiger partial charge in [0.15, 0.2) is 0 Å². The van der Waals surface area contributed by atoms with E-state index in [-0.39, 0.29) is 30.6 Å². The molecule has 0 aliphatic heterocycles. The van der Waals surface area contributed by atoms with Crippen LogP contribution in [0.5, 0.6) is 0 Å². The summed E-state index contributed by atoms with van der Waals surface area (Å²) in [7, 11) is 6.18. The van der Waals surface area contributed by atoms with Gasteiger partial charge in [-0.25, -0.2) is 0 Å². The number of carbonyl (C=O) groups excluding carboxylic acids is 1. The third-order valence-corrected chi connectivity index (χ3v) is 9.28. The summed E-state index contributed by atoms with van der Waals surface area (Å²) < 4.78 is 6.14. The minimum absolute atomic E-state index is 0.0786. The number of aliphatic hydroxyl groups excluding tert-OH is 2. The molecule has 0 aromatic heterocycles. The molecule has 35 heavy (non-hydrogen) atoms. The average molecular weight is 496 g/mol. The largest absolute Gasteiger partial charge is 0.396 e. The summed E-state index contributed by atoms with van der Waals surface area (Å²) in [4.78, 5) is 15.6. The maximum absolute atomic E-state index is 13.3. The molecule has 6 atom stereocenters. The summed E-state index contributed by atoms with van der Waals surface area (Å²) >= 11 is 0. The Balaban J connectivity index is 1.56. The Kier molecular flexibility index (Phi) is 12.3. The monoisotopic (exact) mass is 495 g/mol. The zero-order valence-corrected chi connectivity index (χ0v) is 22.6. The first-order chi connectivity index (χ1) is 16.9. The number of amides is 1. The van der Waals surface area contributed by atoms with E-state index in [1.807, 2.05) is 7.11 Å². The lowest BCUT2D eigenvalue weighted by Gasteiger charge is -2.46. The predicted octanol–water partition coefficient (Wildman–Crippen LogP) is 2.79. The Labute approximate surface area is 213 Å². The van der Waals surface area contributed by atoms with Crippen LogP contribution in [0.2, 0.25) is 0 Å². The van der Waals surface area contributed by atoms with Gasteiger partial charge in [-0.1, -0.05) is 6.42 Å². The fourth-order valence-electron chi connectivity index (χ4n) is 7.17. The third kappa shape index (κ3) is 8.67. The first kappa shape index (κ1) is 28.8. The van der Waals surface area contributed by atoms with E-state index in [2.05, 4.69) is 29.6 Å². The van der Waals surface area contributed by atoms with Gasteiger partial charge >= 0.3 is 0 Å². The fourth-order valence-corrected chi connectivity index (χ4v) is 7.17. The van der Waals surface area contributed by atoms with E-state index >= 15 is 0 Å². The highest BCUT2D eigenvalue weighted by molar-refractivity contribution is 5.78. The number of hydrogen-bond acceptors (Lipinski definition) is 6. The quantitative estimate of drug-likeness (QED) is 0.311. The van der Waals surface area contributed by atoms with Gasteiger partial charge in [0, 0.05) is 38.8 Å². The van der Waals surface area contributed by atoms with Crippen LogP contribution in [0.25, 0.3) is 0 Å². The smallest absolute Gasteiger partial charge is 0.223 e. The Morgan fingerprint density at radius 3 is 2.49 bits per heavy atom. The molecule has 6 unspecified atom stereocenters. The lowest BCUT2D eigenvalue weighted by atomic mass is 9.65. The van der Waals surface area contributed by atoms with Crippen LogP contribution in [0, 0.1) is 29.6 Å². The Bertz CT molecular complexity index is 611. The molecule has 7 nitrogen and oxygen atoms in total. The second-order valence-corrected chi connectivity index (χ2v) is 11.9. The van der Waals surface area contributed by atoms with Crippen LogP contribution in [0.1, 0.15) is 77.0 Å². The van der Waals surface area contributed by atoms with Crippen molar-refractivity contribution < 1.29 is 19.7 Å². The second-order valence-electron chi connectivity index (χ2n) is 11.9. The van der Waals surface area contributed by atoms with Crippen LogP contribution < -0.4 is 10.6 Å². The van der Waals surface area contributed by atoms with E-state index < -0.39 is 0 Å². The van der Waals surface area contributed by atoms with Crippen molar-refractivity contribution in [2.24, 2.45) is 29.6 Å². The lowest BCUT2D eigenvalue weighted by Crippen LogP contribution is -2.49. The summed E-state index contributed by atoms with van der Waals surface area (Å²) in [6, 6.07) is 0.435. The molecule has 7 heteroatoms. The van der Waals surface area contributed by atoms with Crippen molar-refractivity contribution in [3.8, 4) is 0 Å². The molecule has 3 aliphatic carbocycles. The number of aliphatic hydroxyl groups is 2. The molecule has 0 spiro atoms. The van der Waals surface area contributed by atoms with Crippen LogP contribution in [0.4, 0.5) is 0 Å². The highest BCUT2D eigenvalue weighted by Crippen LogP contribution is 2.44. The molecule has 204 valence electrons. The highest BCUT2D eigenvalue weighted by Gasteiger charge is 2.43. The maximum atomic E-state index is 13.3. The number of methoxy groups -OCH3 is 1. The van der Waals surface area contributed by atoms with Gasteiger partial charge in [0.25, 0.3) is 0 Å². The van der Waals surface area contributed by atoms with Crippen LogP contribution in [0.3, 0.4) is 0 Å². The van der Waals surface area contributed by atoms with Crippen molar-refractivity contribution in [3.05, 3.63) is 0 Å². The molecule has 3 saturated carbocycles. The topological polar surface area (TPSA) is 94.1 Å². The van der Waals surface area contributed by atoms with Crippen LogP contribution in [-0.4, -0.2) is 86.7 Å². The molecule has 4 N–H and O–H groups in total. The second kappa shape index (κ2) is 14.9. The number of hydrogen-bond donors (Lipinski definition) is 4. The lowest BCUT2D eigenvalue weighted by molar-refractivity contribution is -0.128. The Hall–Kier alpha value is -0.730. The minimum atomic E-state index is -0.116. The molecule has 0 bridgehead atoms. The van der Waals surface area contributed by atoms with Crippen LogP contribution >= 0.6 is 0 Å². The van der Waals surface area contributed by atoms with Gasteiger partial charge in [-0.3, -0.25) is 4.79 Å². The van der Waals surface area contributed by atoms with Gasteiger partial charge < -0.3 is 30.5 Å². The first-order valence-electron chi connectivity index (χ1n) is 14.4. The van der Waals surface area contributed by atoms with Crippen molar-refractivity contribution in [1.29, 1.82) is 0 Å². The van der Waals surface area contributed by atoms with Crippen molar-refractivity contribution in [1.82, 2.24) is 15.5 Å². The normalized spacial score (nSPS) is 36.3. The molecule has 3 fully saturated rings. The van der Waals surface area contributed by atoms with E-state index in [1.165, 1.54) is 19.3 Å². The number of nitrogens with zero attached hydrogens (tertiary/aromatic N) is 1. The third-order valence-electron chi connectivity index (χ3n) is 9.28.